The molecule has 1 aliphatic heterocycles. The van der Waals surface area contributed by atoms with Gasteiger partial charge in [-0.25, -0.2) is 4.79 Å². The van der Waals surface area contributed by atoms with Gasteiger partial charge in [0, 0.05) is 25.8 Å². The lowest BCUT2D eigenvalue weighted by Crippen LogP contribution is -2.35. The van der Waals surface area contributed by atoms with Crippen LogP contribution in [-0.4, -0.2) is 49.3 Å². The molecule has 0 saturated carbocycles. The van der Waals surface area contributed by atoms with E-state index in [1.165, 1.54) is 0 Å². The van der Waals surface area contributed by atoms with Crippen LogP contribution in [-0.2, 0) is 9.53 Å². The van der Waals surface area contributed by atoms with Crippen LogP contribution in [0, 0.1) is 5.92 Å². The van der Waals surface area contributed by atoms with Crippen LogP contribution < -0.4 is 0 Å². The first-order chi connectivity index (χ1) is 8.17. The summed E-state index contributed by atoms with van der Waals surface area (Å²) in [5.74, 6) is -0.118. The van der Waals surface area contributed by atoms with E-state index in [4.69, 9.17) is 9.84 Å². The quantitative estimate of drug-likeness (QED) is 0.720. The second-order valence-electron chi connectivity index (χ2n) is 4.59. The van der Waals surface area contributed by atoms with Gasteiger partial charge in [-0.3, -0.25) is 4.90 Å². The van der Waals surface area contributed by atoms with Crippen molar-refractivity contribution < 1.29 is 14.6 Å². The molecule has 0 amide bonds. The number of carbonyl (C=O) groups is 1. The van der Waals surface area contributed by atoms with E-state index in [-0.39, 0.29) is 0 Å². The maximum Gasteiger partial charge on any atom is 0.331 e. The van der Waals surface area contributed by atoms with Crippen molar-refractivity contribution >= 4 is 5.97 Å². The lowest BCUT2D eigenvalue weighted by molar-refractivity contribution is -0.132. The van der Waals surface area contributed by atoms with E-state index in [9.17, 15) is 4.79 Å². The van der Waals surface area contributed by atoms with E-state index in [1.54, 1.807) is 7.11 Å². The Morgan fingerprint density at radius 3 is 2.59 bits per heavy atom. The smallest absolute Gasteiger partial charge is 0.331 e. The highest BCUT2D eigenvalue weighted by molar-refractivity contribution is 5.86. The number of aliphatic carboxylic acids is 1. The Morgan fingerprint density at radius 1 is 1.47 bits per heavy atom. The minimum absolute atomic E-state index is 0.518. The van der Waals surface area contributed by atoms with Crippen LogP contribution in [0.2, 0.25) is 0 Å². The van der Waals surface area contributed by atoms with Crippen LogP contribution >= 0.6 is 0 Å². The number of rotatable bonds is 6. The molecule has 1 saturated heterocycles. The molecule has 0 atom stereocenters. The predicted octanol–water partition coefficient (Wildman–Crippen LogP) is 1.77. The molecule has 1 N–H and O–H groups in total. The summed E-state index contributed by atoms with van der Waals surface area (Å²) in [6.07, 6.45) is 4.74. The fraction of sp³-hybridized carbons (Fsp3) is 0.769. The standard InChI is InChI=1S/C13H23NO3/c1-3-12(13(15)16)6-9-14-7-4-11(5-8-14)10-17-2/h6,11H,3-5,7-10H2,1-2H3,(H,15,16). The van der Waals surface area contributed by atoms with Crippen LogP contribution in [0.25, 0.3) is 0 Å². The molecule has 4 heteroatoms. The van der Waals surface area contributed by atoms with Gasteiger partial charge in [0.25, 0.3) is 0 Å². The maximum atomic E-state index is 10.8. The average Bonchev–Trinajstić information content (AvgIpc) is 2.32. The van der Waals surface area contributed by atoms with Crippen LogP contribution in [0.1, 0.15) is 26.2 Å². The Balaban J connectivity index is 2.33. The van der Waals surface area contributed by atoms with E-state index in [0.717, 1.165) is 39.1 Å². The normalized spacial score (nSPS) is 19.5. The highest BCUT2D eigenvalue weighted by Crippen LogP contribution is 2.17. The molecule has 0 aromatic heterocycles. The Bertz CT molecular complexity index is 268. The van der Waals surface area contributed by atoms with Gasteiger partial charge in [-0.05, 0) is 38.3 Å². The van der Waals surface area contributed by atoms with Crippen molar-refractivity contribution in [3.8, 4) is 0 Å². The zero-order valence-corrected chi connectivity index (χ0v) is 10.8. The van der Waals surface area contributed by atoms with Gasteiger partial charge in [0.1, 0.15) is 0 Å². The first-order valence-electron chi connectivity index (χ1n) is 6.31. The number of hydrogen-bond acceptors (Lipinski definition) is 3. The summed E-state index contributed by atoms with van der Waals surface area (Å²) >= 11 is 0. The second kappa shape index (κ2) is 7.45. The van der Waals surface area contributed by atoms with Crippen molar-refractivity contribution in [2.45, 2.75) is 26.2 Å². The number of likely N-dealkylation sites (tertiary alicyclic amines) is 1. The van der Waals surface area contributed by atoms with Gasteiger partial charge in [0.05, 0.1) is 0 Å². The molecule has 1 rings (SSSR count). The van der Waals surface area contributed by atoms with Crippen molar-refractivity contribution in [3.63, 3.8) is 0 Å². The molecule has 0 aromatic rings. The lowest BCUT2D eigenvalue weighted by Gasteiger charge is -2.30. The average molecular weight is 241 g/mol. The van der Waals surface area contributed by atoms with E-state index in [1.807, 2.05) is 13.0 Å². The third-order valence-electron chi connectivity index (χ3n) is 3.36. The van der Waals surface area contributed by atoms with Crippen LogP contribution in [0.3, 0.4) is 0 Å². The molecule has 1 aliphatic rings. The number of ether oxygens (including phenoxy) is 1. The van der Waals surface area contributed by atoms with Gasteiger partial charge < -0.3 is 9.84 Å². The molecule has 0 unspecified atom stereocenters. The molecular weight excluding hydrogens is 218 g/mol. The highest BCUT2D eigenvalue weighted by atomic mass is 16.5. The van der Waals surface area contributed by atoms with Gasteiger partial charge in [-0.1, -0.05) is 13.0 Å². The van der Waals surface area contributed by atoms with Crippen molar-refractivity contribution in [1.82, 2.24) is 4.90 Å². The topological polar surface area (TPSA) is 49.8 Å². The minimum atomic E-state index is -0.790. The Morgan fingerprint density at radius 2 is 2.12 bits per heavy atom. The summed E-state index contributed by atoms with van der Waals surface area (Å²) in [4.78, 5) is 13.1. The summed E-state index contributed by atoms with van der Waals surface area (Å²) in [5, 5.41) is 8.91. The van der Waals surface area contributed by atoms with Crippen molar-refractivity contribution in [3.05, 3.63) is 11.6 Å². The fourth-order valence-corrected chi connectivity index (χ4v) is 2.19. The molecule has 0 aliphatic carbocycles. The third kappa shape index (κ3) is 4.88. The number of methoxy groups -OCH3 is 1. The number of nitrogens with zero attached hydrogens (tertiary/aromatic N) is 1. The fourth-order valence-electron chi connectivity index (χ4n) is 2.19. The third-order valence-corrected chi connectivity index (χ3v) is 3.36. The Hall–Kier alpha value is -0.870. The van der Waals surface area contributed by atoms with E-state index in [0.29, 0.717) is 17.9 Å². The number of piperidine rings is 1. The first-order valence-corrected chi connectivity index (χ1v) is 6.31. The lowest BCUT2D eigenvalue weighted by atomic mass is 9.98. The largest absolute Gasteiger partial charge is 0.478 e. The summed E-state index contributed by atoms with van der Waals surface area (Å²) < 4.78 is 5.16. The maximum absolute atomic E-state index is 10.8. The van der Waals surface area contributed by atoms with Crippen molar-refractivity contribution in [1.29, 1.82) is 0 Å². The van der Waals surface area contributed by atoms with Crippen molar-refractivity contribution in [2.24, 2.45) is 5.92 Å². The molecule has 4 nitrogen and oxygen atoms in total. The van der Waals surface area contributed by atoms with E-state index < -0.39 is 5.97 Å². The number of hydrogen-bond donors (Lipinski definition) is 1. The minimum Gasteiger partial charge on any atom is -0.478 e. The second-order valence-corrected chi connectivity index (χ2v) is 4.59. The Kier molecular flexibility index (Phi) is 6.22. The SMILES string of the molecule is CCC(=CCN1CCC(COC)CC1)C(=O)O. The highest BCUT2D eigenvalue weighted by Gasteiger charge is 2.18. The molecule has 1 heterocycles. The van der Waals surface area contributed by atoms with E-state index >= 15 is 0 Å². The first kappa shape index (κ1) is 14.2. The van der Waals surface area contributed by atoms with Gasteiger partial charge in [0.2, 0.25) is 0 Å². The summed E-state index contributed by atoms with van der Waals surface area (Å²) in [6, 6.07) is 0. The van der Waals surface area contributed by atoms with E-state index in [2.05, 4.69) is 4.90 Å². The predicted molar refractivity (Wildman–Crippen MR) is 67.0 cm³/mol. The molecule has 0 radical (unpaired) electrons. The van der Waals surface area contributed by atoms with Gasteiger partial charge >= 0.3 is 5.97 Å². The van der Waals surface area contributed by atoms with Gasteiger partial charge in [-0.15, -0.1) is 0 Å². The van der Waals surface area contributed by atoms with Gasteiger partial charge in [0.15, 0.2) is 0 Å². The monoisotopic (exact) mass is 241 g/mol. The molecule has 0 aromatic carbocycles. The number of carboxylic acids is 1. The number of carboxylic acid groups (broad SMARTS) is 1. The summed E-state index contributed by atoms with van der Waals surface area (Å²) in [7, 11) is 1.75. The van der Waals surface area contributed by atoms with Crippen LogP contribution in [0.15, 0.2) is 11.6 Å². The Labute approximate surface area is 103 Å². The molecular formula is C13H23NO3. The van der Waals surface area contributed by atoms with Crippen molar-refractivity contribution in [2.75, 3.05) is 33.4 Å². The van der Waals surface area contributed by atoms with Crippen LogP contribution in [0.5, 0.6) is 0 Å². The zero-order chi connectivity index (χ0) is 12.7. The summed E-state index contributed by atoms with van der Waals surface area (Å²) in [6.45, 7) is 5.57. The van der Waals surface area contributed by atoms with Gasteiger partial charge in [-0.2, -0.15) is 0 Å². The molecule has 0 spiro atoms. The molecule has 0 bridgehead atoms. The molecule has 98 valence electrons. The molecule has 1 fully saturated rings. The van der Waals surface area contributed by atoms with Crippen LogP contribution in [0.4, 0.5) is 0 Å². The molecule has 17 heavy (non-hydrogen) atoms. The summed E-state index contributed by atoms with van der Waals surface area (Å²) in [5.41, 5.74) is 0.518. The zero-order valence-electron chi connectivity index (χ0n) is 10.8.